The largest absolute Gasteiger partial charge is 0.419 e. The molecule has 0 fully saturated rings. The van der Waals surface area contributed by atoms with Crippen LogP contribution in [0.3, 0.4) is 0 Å². The van der Waals surface area contributed by atoms with Crippen LogP contribution < -0.4 is 5.32 Å². The first-order valence-corrected chi connectivity index (χ1v) is 6.80. The van der Waals surface area contributed by atoms with Gasteiger partial charge in [-0.25, -0.2) is 0 Å². The van der Waals surface area contributed by atoms with E-state index in [0.717, 1.165) is 11.1 Å². The van der Waals surface area contributed by atoms with Crippen molar-refractivity contribution in [3.63, 3.8) is 0 Å². The van der Waals surface area contributed by atoms with Gasteiger partial charge in [0.2, 0.25) is 11.8 Å². The number of aryl methyl sites for hydroxylation is 1. The molecular weight excluding hydrogens is 280 g/mol. The molecule has 0 atom stereocenters. The van der Waals surface area contributed by atoms with Gasteiger partial charge in [-0.2, -0.15) is 0 Å². The molecule has 0 bridgehead atoms. The summed E-state index contributed by atoms with van der Waals surface area (Å²) in [6.45, 7) is 2.16. The van der Waals surface area contributed by atoms with Gasteiger partial charge in [0.05, 0.1) is 6.54 Å². The van der Waals surface area contributed by atoms with Crippen LogP contribution in [0.4, 0.5) is 0 Å². The van der Waals surface area contributed by atoms with Crippen LogP contribution >= 0.6 is 0 Å². The summed E-state index contributed by atoms with van der Waals surface area (Å²) in [7, 11) is 0. The third-order valence-electron chi connectivity index (χ3n) is 3.19. The number of nitrogens with one attached hydrogen (secondary N) is 1. The summed E-state index contributed by atoms with van der Waals surface area (Å²) in [5.41, 5.74) is 2.48. The van der Waals surface area contributed by atoms with Gasteiger partial charge >= 0.3 is 0 Å². The highest BCUT2D eigenvalue weighted by Gasteiger charge is 2.11. The van der Waals surface area contributed by atoms with Crippen molar-refractivity contribution in [2.45, 2.75) is 13.5 Å². The molecule has 3 rings (SSSR count). The minimum atomic E-state index is -0.210. The van der Waals surface area contributed by atoms with Gasteiger partial charge < -0.3 is 9.73 Å². The number of amides is 1. The van der Waals surface area contributed by atoms with E-state index in [4.69, 9.17) is 4.42 Å². The summed E-state index contributed by atoms with van der Waals surface area (Å²) in [6.07, 6.45) is 3.13. The van der Waals surface area contributed by atoms with E-state index >= 15 is 0 Å². The van der Waals surface area contributed by atoms with Crippen molar-refractivity contribution in [2.75, 3.05) is 0 Å². The lowest BCUT2D eigenvalue weighted by molar-refractivity contribution is 0.0947. The van der Waals surface area contributed by atoms with Crippen LogP contribution in [0.25, 0.3) is 11.5 Å². The summed E-state index contributed by atoms with van der Waals surface area (Å²) in [5, 5.41) is 10.7. The van der Waals surface area contributed by atoms with Gasteiger partial charge in [0.1, 0.15) is 0 Å². The average molecular weight is 294 g/mol. The zero-order valence-corrected chi connectivity index (χ0v) is 12.0. The van der Waals surface area contributed by atoms with Crippen LogP contribution in [0.5, 0.6) is 0 Å². The molecule has 2 aromatic heterocycles. The molecule has 6 nitrogen and oxygen atoms in total. The number of hydrogen-bond acceptors (Lipinski definition) is 5. The predicted molar refractivity (Wildman–Crippen MR) is 79.9 cm³/mol. The number of benzene rings is 1. The molecular formula is C16H14N4O2. The van der Waals surface area contributed by atoms with Gasteiger partial charge in [0.15, 0.2) is 0 Å². The lowest BCUT2D eigenvalue weighted by Crippen LogP contribution is -2.22. The maximum Gasteiger partial charge on any atom is 0.251 e. The quantitative estimate of drug-likeness (QED) is 0.799. The van der Waals surface area contributed by atoms with Crippen LogP contribution in [0.2, 0.25) is 0 Å². The Morgan fingerprint density at radius 2 is 1.91 bits per heavy atom. The topological polar surface area (TPSA) is 80.9 Å². The molecule has 0 aliphatic carbocycles. The Labute approximate surface area is 127 Å². The Kier molecular flexibility index (Phi) is 3.91. The molecule has 0 spiro atoms. The fraction of sp³-hybridized carbons (Fsp3) is 0.125. The van der Waals surface area contributed by atoms with Crippen molar-refractivity contribution in [3.05, 3.63) is 65.8 Å². The Bertz CT molecular complexity index is 784. The number of nitrogens with zero attached hydrogens (tertiary/aromatic N) is 3. The van der Waals surface area contributed by atoms with E-state index in [9.17, 15) is 4.79 Å². The maximum absolute atomic E-state index is 11.9. The highest BCUT2D eigenvalue weighted by molar-refractivity contribution is 5.93. The van der Waals surface area contributed by atoms with E-state index in [-0.39, 0.29) is 12.5 Å². The second-order valence-corrected chi connectivity index (χ2v) is 4.73. The Hall–Kier alpha value is -3.02. The zero-order chi connectivity index (χ0) is 15.4. The molecule has 0 saturated carbocycles. The van der Waals surface area contributed by atoms with Crippen LogP contribution in [0, 0.1) is 6.92 Å². The van der Waals surface area contributed by atoms with Crippen molar-refractivity contribution in [3.8, 4) is 11.5 Å². The lowest BCUT2D eigenvalue weighted by atomic mass is 10.1. The second kappa shape index (κ2) is 6.17. The molecule has 0 saturated heterocycles. The maximum atomic E-state index is 11.9. The van der Waals surface area contributed by atoms with Gasteiger partial charge in [-0.3, -0.25) is 9.78 Å². The molecule has 1 aromatic carbocycles. The number of hydrogen-bond donors (Lipinski definition) is 1. The first kappa shape index (κ1) is 13.9. The van der Waals surface area contributed by atoms with Gasteiger partial charge in [0, 0.05) is 23.5 Å². The summed E-state index contributed by atoms with van der Waals surface area (Å²) in [4.78, 5) is 15.8. The van der Waals surface area contributed by atoms with Crippen molar-refractivity contribution in [1.29, 1.82) is 0 Å². The van der Waals surface area contributed by atoms with Gasteiger partial charge in [-0.1, -0.05) is 18.2 Å². The molecule has 1 amide bonds. The van der Waals surface area contributed by atoms with E-state index in [1.165, 1.54) is 0 Å². The second-order valence-electron chi connectivity index (χ2n) is 4.73. The van der Waals surface area contributed by atoms with Crippen LogP contribution in [-0.2, 0) is 6.54 Å². The smallest absolute Gasteiger partial charge is 0.251 e. The Balaban J connectivity index is 1.68. The molecule has 0 unspecified atom stereocenters. The van der Waals surface area contributed by atoms with Gasteiger partial charge in [-0.05, 0) is 30.7 Å². The molecule has 0 aliphatic rings. The first-order valence-electron chi connectivity index (χ1n) is 6.80. The van der Waals surface area contributed by atoms with E-state index in [2.05, 4.69) is 20.5 Å². The molecule has 22 heavy (non-hydrogen) atoms. The van der Waals surface area contributed by atoms with Crippen molar-refractivity contribution in [2.24, 2.45) is 0 Å². The normalized spacial score (nSPS) is 10.4. The number of rotatable bonds is 4. The van der Waals surface area contributed by atoms with E-state index < -0.39 is 0 Å². The number of carbonyl (C=O) groups excluding carboxylic acids is 1. The lowest BCUT2D eigenvalue weighted by Gasteiger charge is -2.01. The molecule has 0 aliphatic heterocycles. The number of aromatic nitrogens is 3. The molecule has 1 N–H and O–H groups in total. The molecule has 6 heteroatoms. The number of carbonyl (C=O) groups is 1. The first-order chi connectivity index (χ1) is 10.7. The molecule has 110 valence electrons. The fourth-order valence-electron chi connectivity index (χ4n) is 2.01. The highest BCUT2D eigenvalue weighted by Crippen LogP contribution is 2.21. The number of pyridine rings is 1. The molecule has 3 aromatic rings. The standard InChI is InChI=1S/C16H14N4O2/c1-11-4-2-3-5-13(11)16-20-19-14(22-16)10-18-15(21)12-6-8-17-9-7-12/h2-9H,10H2,1H3,(H,18,21). The third-order valence-corrected chi connectivity index (χ3v) is 3.19. The summed E-state index contributed by atoms with van der Waals surface area (Å²) in [5.74, 6) is 0.602. The van der Waals surface area contributed by atoms with E-state index in [1.807, 2.05) is 31.2 Å². The monoisotopic (exact) mass is 294 g/mol. The van der Waals surface area contributed by atoms with Crippen molar-refractivity contribution < 1.29 is 9.21 Å². The summed E-state index contributed by atoms with van der Waals surface area (Å²) >= 11 is 0. The zero-order valence-electron chi connectivity index (χ0n) is 12.0. The molecule has 2 heterocycles. The Morgan fingerprint density at radius 3 is 2.68 bits per heavy atom. The van der Waals surface area contributed by atoms with Crippen LogP contribution in [0.15, 0.2) is 53.2 Å². The van der Waals surface area contributed by atoms with Gasteiger partial charge in [-0.15, -0.1) is 10.2 Å². The van der Waals surface area contributed by atoms with Crippen molar-refractivity contribution in [1.82, 2.24) is 20.5 Å². The minimum Gasteiger partial charge on any atom is -0.419 e. The van der Waals surface area contributed by atoms with Crippen LogP contribution in [-0.4, -0.2) is 21.1 Å². The molecule has 0 radical (unpaired) electrons. The average Bonchev–Trinajstić information content (AvgIpc) is 3.02. The SMILES string of the molecule is Cc1ccccc1-c1nnc(CNC(=O)c2ccncc2)o1. The third kappa shape index (κ3) is 3.01. The summed E-state index contributed by atoms with van der Waals surface area (Å²) in [6, 6.07) is 11.0. The summed E-state index contributed by atoms with van der Waals surface area (Å²) < 4.78 is 5.59. The Morgan fingerprint density at radius 1 is 1.14 bits per heavy atom. The van der Waals surface area contributed by atoms with Crippen molar-refractivity contribution >= 4 is 5.91 Å². The van der Waals surface area contributed by atoms with E-state index in [1.54, 1.807) is 24.5 Å². The minimum absolute atomic E-state index is 0.181. The van der Waals surface area contributed by atoms with Gasteiger partial charge in [0.25, 0.3) is 5.91 Å². The van der Waals surface area contributed by atoms with Crippen LogP contribution in [0.1, 0.15) is 21.8 Å². The highest BCUT2D eigenvalue weighted by atomic mass is 16.4. The predicted octanol–water partition coefficient (Wildman–Crippen LogP) is 2.37. The van der Waals surface area contributed by atoms with E-state index in [0.29, 0.717) is 17.3 Å². The fourth-order valence-corrected chi connectivity index (χ4v) is 2.01.